The molecule has 570 valence electrons. The Labute approximate surface area is 710 Å². The third-order valence-electron chi connectivity index (χ3n) is 27.4. The smallest absolute Gasteiger partial charge is 0.132 e. The van der Waals surface area contributed by atoms with Crippen molar-refractivity contribution >= 4 is 149 Å². The Morgan fingerprint density at radius 3 is 1.22 bits per heavy atom. The first-order chi connectivity index (χ1) is 59.3. The number of hydrogen-bond donors (Lipinski definition) is 0. The molecule has 26 rings (SSSR count). The van der Waals surface area contributed by atoms with E-state index in [9.17, 15) is 0 Å². The third kappa shape index (κ3) is 9.96. The van der Waals surface area contributed by atoms with Crippen LogP contribution in [-0.4, -0.2) is 0 Å². The molecule has 23 aromatic rings. The fourth-order valence-electron chi connectivity index (χ4n) is 22.2. The minimum absolute atomic E-state index is 0.0180. The lowest BCUT2D eigenvalue weighted by Gasteiger charge is -2.39. The van der Waals surface area contributed by atoms with Crippen molar-refractivity contribution in [3.63, 3.8) is 0 Å². The minimum atomic E-state index is -0.481. The van der Waals surface area contributed by atoms with Crippen LogP contribution in [0.15, 0.2) is 376 Å². The van der Waals surface area contributed by atoms with E-state index in [2.05, 4.69) is 418 Å². The molecule has 0 N–H and O–H groups in total. The first-order valence-electron chi connectivity index (χ1n) is 42.5. The second-order valence-electron chi connectivity index (χ2n) is 35.9. The SMILES string of the molecule is CC(C)(C)c1ccc2c(-c3cc(-c4ccc5c6c4sc4cccc(c46)C54c5ccccc5Oc5ccccc54)cc4ccccc34)c3ccc(C(C)(C)C)cc3c(-c3ccccc3)c2c1.c1ccc(C2(c3ccccc3)c3cccc4sc5cc(-c6c7ccccc7c(-c7cc8ccc9cccc%10ccc(c7)c8c9%10)c7ccccc67)cc2c5c34)cc1. The zero-order valence-electron chi connectivity index (χ0n) is 68.0. The molecule has 0 saturated heterocycles. The van der Waals surface area contributed by atoms with Crippen LogP contribution in [-0.2, 0) is 21.7 Å². The van der Waals surface area contributed by atoms with Gasteiger partial charge in [0.05, 0.1) is 10.8 Å². The molecular weight excluding hydrogens is 1500 g/mol. The van der Waals surface area contributed by atoms with E-state index in [0.29, 0.717) is 0 Å². The van der Waals surface area contributed by atoms with E-state index < -0.39 is 10.8 Å². The summed E-state index contributed by atoms with van der Waals surface area (Å²) in [5.41, 5.74) is 24.9. The second kappa shape index (κ2) is 25.9. The number of ether oxygens (including phenoxy) is 1. The molecule has 0 bridgehead atoms. The van der Waals surface area contributed by atoms with Crippen LogP contribution >= 0.6 is 22.7 Å². The molecule has 3 heterocycles. The lowest BCUT2D eigenvalue weighted by atomic mass is 9.65. The number of para-hydroxylation sites is 2. The topological polar surface area (TPSA) is 9.23 Å². The van der Waals surface area contributed by atoms with Gasteiger partial charge in [-0.3, -0.25) is 0 Å². The molecule has 121 heavy (non-hydrogen) atoms. The standard InChI is InChI=1S/C63H48OS.C55H32S/c1-61(2,3)40-27-29-44-47(35-40)56(37-17-8-7-9-18-37)48-36-41(62(4,5)6)28-30-45(48)57(44)46-34-39(33-38-19-10-11-20-42(38)46)43-31-32-52-59-58-51(23-16-26-55(58)65-60(43)59)63(52)49-21-12-14-24-53(49)64-54-25-15-13-22-50(54)63;1-3-15-39(16-4-1)55(40-17-5-2-6-18-40)45-23-12-24-47-53(45)54-46(55)31-38(32-48(54)56-47)52-43-21-9-7-19-41(43)51(42-20-8-10-22-44(42)52)37-29-35-27-25-33-13-11-14-34-26-28-36(30-37)50(35)49(33)34/h7-36H,1-6H3;1-32H. The molecular formula is C118H80OS2. The lowest BCUT2D eigenvalue weighted by molar-refractivity contribution is 0.436. The molecule has 0 atom stereocenters. The molecule has 1 nitrogen and oxygen atoms in total. The first kappa shape index (κ1) is 70.2. The molecule has 3 aliphatic rings. The van der Waals surface area contributed by atoms with Crippen LogP contribution in [0.2, 0.25) is 0 Å². The fraction of sp³-hybridized carbons (Fsp3) is 0.0847. The van der Waals surface area contributed by atoms with Gasteiger partial charge in [-0.05, 0) is 270 Å². The summed E-state index contributed by atoms with van der Waals surface area (Å²) in [6, 6.07) is 142. The van der Waals surface area contributed by atoms with E-state index >= 15 is 0 Å². The Balaban J connectivity index is 0.000000135. The van der Waals surface area contributed by atoms with Crippen LogP contribution in [0.25, 0.3) is 182 Å². The zero-order chi connectivity index (χ0) is 80.5. The molecule has 0 saturated carbocycles. The van der Waals surface area contributed by atoms with Gasteiger partial charge in [0.2, 0.25) is 0 Å². The summed E-state index contributed by atoms with van der Waals surface area (Å²) in [7, 11) is 0. The van der Waals surface area contributed by atoms with Crippen LogP contribution in [0.1, 0.15) is 97.2 Å². The van der Waals surface area contributed by atoms with Crippen LogP contribution in [0.4, 0.5) is 0 Å². The van der Waals surface area contributed by atoms with Gasteiger partial charge in [0.25, 0.3) is 0 Å². The summed E-state index contributed by atoms with van der Waals surface area (Å²) >= 11 is 3.87. The van der Waals surface area contributed by atoms with Crippen molar-refractivity contribution in [2.24, 2.45) is 0 Å². The maximum absolute atomic E-state index is 6.66. The van der Waals surface area contributed by atoms with E-state index in [-0.39, 0.29) is 10.8 Å². The van der Waals surface area contributed by atoms with Gasteiger partial charge in [0.1, 0.15) is 11.5 Å². The highest BCUT2D eigenvalue weighted by atomic mass is 32.1. The van der Waals surface area contributed by atoms with Gasteiger partial charge in [-0.25, -0.2) is 0 Å². The maximum Gasteiger partial charge on any atom is 0.132 e. The number of benzene rings is 21. The van der Waals surface area contributed by atoms with Crippen LogP contribution < -0.4 is 4.74 Å². The third-order valence-corrected chi connectivity index (χ3v) is 29.7. The number of rotatable bonds is 7. The summed E-state index contributed by atoms with van der Waals surface area (Å²) in [6.45, 7) is 14.0. The van der Waals surface area contributed by atoms with Crippen LogP contribution in [0, 0.1) is 0 Å². The largest absolute Gasteiger partial charge is 0.457 e. The highest BCUT2D eigenvalue weighted by Crippen LogP contribution is 2.65. The molecule has 0 radical (unpaired) electrons. The first-order valence-corrected chi connectivity index (χ1v) is 44.1. The van der Waals surface area contributed by atoms with E-state index in [4.69, 9.17) is 4.74 Å². The molecule has 1 aliphatic heterocycles. The molecule has 0 fully saturated rings. The average molecular weight is 1580 g/mol. The molecule has 0 unspecified atom stereocenters. The van der Waals surface area contributed by atoms with E-state index in [0.717, 1.165) is 11.5 Å². The quantitative estimate of drug-likeness (QED) is 0.114. The van der Waals surface area contributed by atoms with E-state index in [1.54, 1.807) is 0 Å². The highest BCUT2D eigenvalue weighted by molar-refractivity contribution is 7.26. The Bertz CT molecular complexity index is 8090. The summed E-state index contributed by atoms with van der Waals surface area (Å²) in [6.07, 6.45) is 0. The Kier molecular flexibility index (Phi) is 15.0. The summed E-state index contributed by atoms with van der Waals surface area (Å²) < 4.78 is 12.0. The van der Waals surface area contributed by atoms with Gasteiger partial charge in [0.15, 0.2) is 0 Å². The van der Waals surface area contributed by atoms with Crippen molar-refractivity contribution in [3.05, 3.63) is 432 Å². The Morgan fingerprint density at radius 2 is 0.645 bits per heavy atom. The molecule has 3 heteroatoms. The van der Waals surface area contributed by atoms with Crippen molar-refractivity contribution in [2.45, 2.75) is 63.2 Å². The normalized spacial score (nSPS) is 13.7. The van der Waals surface area contributed by atoms with Crippen molar-refractivity contribution in [1.82, 2.24) is 0 Å². The summed E-state index contributed by atoms with van der Waals surface area (Å²) in [5.74, 6) is 1.85. The fourth-order valence-corrected chi connectivity index (χ4v) is 24.7. The number of hydrogen-bond acceptors (Lipinski definition) is 3. The van der Waals surface area contributed by atoms with Crippen molar-refractivity contribution in [3.8, 4) is 67.1 Å². The Hall–Kier alpha value is -13.8. The monoisotopic (exact) mass is 1580 g/mol. The van der Waals surface area contributed by atoms with E-state index in [1.807, 2.05) is 22.7 Å². The lowest BCUT2D eigenvalue weighted by Crippen LogP contribution is -2.32. The molecule has 2 aromatic heterocycles. The highest BCUT2D eigenvalue weighted by Gasteiger charge is 2.51. The van der Waals surface area contributed by atoms with Crippen molar-refractivity contribution in [1.29, 1.82) is 0 Å². The van der Waals surface area contributed by atoms with Crippen molar-refractivity contribution in [2.75, 3.05) is 0 Å². The minimum Gasteiger partial charge on any atom is -0.457 e. The summed E-state index contributed by atoms with van der Waals surface area (Å²) in [4.78, 5) is 0. The predicted octanol–water partition coefficient (Wildman–Crippen LogP) is 33.2. The average Bonchev–Trinajstić information content (AvgIpc) is 1.51. The number of thiophene rings is 2. The van der Waals surface area contributed by atoms with Gasteiger partial charge in [-0.2, -0.15) is 0 Å². The molecule has 21 aromatic carbocycles. The van der Waals surface area contributed by atoms with Gasteiger partial charge in [-0.1, -0.05) is 345 Å². The van der Waals surface area contributed by atoms with Gasteiger partial charge in [0, 0.05) is 51.5 Å². The molecule has 1 spiro atoms. The van der Waals surface area contributed by atoms with Gasteiger partial charge < -0.3 is 4.74 Å². The second-order valence-corrected chi connectivity index (χ2v) is 38.0. The van der Waals surface area contributed by atoms with Crippen molar-refractivity contribution < 1.29 is 4.74 Å². The Morgan fingerprint density at radius 1 is 0.223 bits per heavy atom. The van der Waals surface area contributed by atoms with Gasteiger partial charge in [-0.15, -0.1) is 22.7 Å². The molecule has 2 aliphatic carbocycles. The van der Waals surface area contributed by atoms with E-state index in [1.165, 1.54) is 238 Å². The van der Waals surface area contributed by atoms with Crippen LogP contribution in [0.5, 0.6) is 11.5 Å². The van der Waals surface area contributed by atoms with Crippen LogP contribution in [0.3, 0.4) is 0 Å². The number of fused-ring (bicyclic) bond motifs is 11. The van der Waals surface area contributed by atoms with Gasteiger partial charge >= 0.3 is 0 Å². The zero-order valence-corrected chi connectivity index (χ0v) is 69.7. The predicted molar refractivity (Wildman–Crippen MR) is 518 cm³/mol. The summed E-state index contributed by atoms with van der Waals surface area (Å²) in [5, 5.41) is 26.2. The maximum atomic E-state index is 6.66. The molecule has 0 amide bonds.